The van der Waals surface area contributed by atoms with Crippen LogP contribution in [0.2, 0.25) is 0 Å². The predicted octanol–water partition coefficient (Wildman–Crippen LogP) is 4.63. The predicted molar refractivity (Wildman–Crippen MR) is 111 cm³/mol. The number of fused-ring (bicyclic) bond motifs is 1. The first kappa shape index (κ1) is 19.8. The number of benzene rings is 2. The van der Waals surface area contributed by atoms with Gasteiger partial charge in [0.1, 0.15) is 11.6 Å². The smallest absolute Gasteiger partial charge is 0.243 e. The minimum absolute atomic E-state index is 0.0383. The maximum absolute atomic E-state index is 13.2. The van der Waals surface area contributed by atoms with E-state index in [9.17, 15) is 9.18 Å². The Labute approximate surface area is 165 Å². The van der Waals surface area contributed by atoms with Crippen molar-refractivity contribution in [1.29, 1.82) is 0 Å². The van der Waals surface area contributed by atoms with Crippen LogP contribution in [0.15, 0.2) is 60.7 Å². The molecule has 0 saturated carbocycles. The number of para-hydroxylation sites is 2. The molecule has 28 heavy (non-hydrogen) atoms. The van der Waals surface area contributed by atoms with Gasteiger partial charge >= 0.3 is 0 Å². The van der Waals surface area contributed by atoms with Gasteiger partial charge in [-0.15, -0.1) is 0 Å². The highest BCUT2D eigenvalue weighted by Crippen LogP contribution is 2.20. The molecule has 0 saturated heterocycles. The van der Waals surface area contributed by atoms with Gasteiger partial charge in [-0.2, -0.15) is 0 Å². The number of allylic oxidation sites excluding steroid dienone is 1. The summed E-state index contributed by atoms with van der Waals surface area (Å²) in [7, 11) is 0. The Bertz CT molecular complexity index is 944. The maximum Gasteiger partial charge on any atom is 0.243 e. The molecule has 0 aliphatic heterocycles. The van der Waals surface area contributed by atoms with Crippen LogP contribution in [-0.2, 0) is 17.8 Å². The van der Waals surface area contributed by atoms with Gasteiger partial charge in [0.25, 0.3) is 0 Å². The normalized spacial score (nSPS) is 11.4. The van der Waals surface area contributed by atoms with E-state index in [4.69, 9.17) is 4.98 Å². The first-order valence-electron chi connectivity index (χ1n) is 9.76. The number of nitrogens with one attached hydrogen (secondary N) is 1. The second-order valence-electron chi connectivity index (χ2n) is 6.83. The molecule has 0 aliphatic carbocycles. The van der Waals surface area contributed by atoms with Crippen LogP contribution in [0.4, 0.5) is 4.39 Å². The topological polar surface area (TPSA) is 46.9 Å². The van der Waals surface area contributed by atoms with E-state index in [1.807, 2.05) is 37.3 Å². The Kier molecular flexibility index (Phi) is 6.95. The molecule has 0 unspecified atom stereocenters. The van der Waals surface area contributed by atoms with Gasteiger partial charge in [-0.3, -0.25) is 4.79 Å². The van der Waals surface area contributed by atoms with Crippen LogP contribution in [0, 0.1) is 5.82 Å². The molecule has 1 heterocycles. The van der Waals surface area contributed by atoms with Crippen molar-refractivity contribution >= 4 is 16.9 Å². The number of rotatable bonds is 9. The molecule has 146 valence electrons. The molecule has 2 aromatic carbocycles. The molecule has 0 radical (unpaired) electrons. The van der Waals surface area contributed by atoms with E-state index in [2.05, 4.69) is 16.0 Å². The van der Waals surface area contributed by atoms with E-state index >= 15 is 0 Å². The van der Waals surface area contributed by atoms with Crippen LogP contribution in [0.3, 0.4) is 0 Å². The van der Waals surface area contributed by atoms with Crippen LogP contribution in [-0.4, -0.2) is 22.0 Å². The quantitative estimate of drug-likeness (QED) is 0.435. The second-order valence-corrected chi connectivity index (χ2v) is 6.83. The molecular formula is C23H26FN3O. The van der Waals surface area contributed by atoms with Gasteiger partial charge in [0.2, 0.25) is 5.91 Å². The molecule has 0 atom stereocenters. The summed E-state index contributed by atoms with van der Waals surface area (Å²) in [5, 5.41) is 2.88. The molecule has 0 fully saturated rings. The van der Waals surface area contributed by atoms with Gasteiger partial charge in [-0.1, -0.05) is 36.8 Å². The monoisotopic (exact) mass is 379 g/mol. The summed E-state index contributed by atoms with van der Waals surface area (Å²) >= 11 is 0. The molecule has 3 rings (SSSR count). The minimum Gasteiger partial charge on any atom is -0.353 e. The Balaban J connectivity index is 1.62. The van der Waals surface area contributed by atoms with Crippen molar-refractivity contribution in [2.24, 2.45) is 0 Å². The van der Waals surface area contributed by atoms with E-state index in [1.54, 1.807) is 6.08 Å². The highest BCUT2D eigenvalue weighted by molar-refractivity contribution is 5.87. The molecule has 0 aliphatic rings. The Hall–Kier alpha value is -2.95. The first-order chi connectivity index (χ1) is 13.7. The zero-order valence-electron chi connectivity index (χ0n) is 16.2. The number of aromatic nitrogens is 2. The minimum atomic E-state index is -0.221. The van der Waals surface area contributed by atoms with Crippen molar-refractivity contribution in [3.05, 3.63) is 77.9 Å². The van der Waals surface area contributed by atoms with Crippen molar-refractivity contribution in [3.63, 3.8) is 0 Å². The van der Waals surface area contributed by atoms with E-state index in [-0.39, 0.29) is 11.7 Å². The van der Waals surface area contributed by atoms with Crippen LogP contribution in [0.1, 0.15) is 37.6 Å². The molecule has 0 spiro atoms. The zero-order chi connectivity index (χ0) is 19.8. The highest BCUT2D eigenvalue weighted by Gasteiger charge is 2.11. The molecule has 4 nitrogen and oxygen atoms in total. The standard InChI is InChI=1S/C23H26FN3O/c1-2-8-23(28)25-16-7-3-4-11-22-26-20-9-5-6-10-21(20)27(22)17-18-12-14-19(24)15-13-18/h2,5-6,8-10,12-15H,3-4,7,11,16-17H2,1H3,(H,25,28)/b8-2+. The van der Waals surface area contributed by atoms with Crippen molar-refractivity contribution in [2.45, 2.75) is 39.2 Å². The Morgan fingerprint density at radius 1 is 1.11 bits per heavy atom. The first-order valence-corrected chi connectivity index (χ1v) is 9.76. The molecule has 1 amide bonds. The molecule has 3 aromatic rings. The van der Waals surface area contributed by atoms with Gasteiger partial charge in [0.15, 0.2) is 0 Å². The molecule has 5 heteroatoms. The Morgan fingerprint density at radius 2 is 1.89 bits per heavy atom. The van der Waals surface area contributed by atoms with Gasteiger partial charge in [0, 0.05) is 19.5 Å². The van der Waals surface area contributed by atoms with E-state index < -0.39 is 0 Å². The lowest BCUT2D eigenvalue weighted by atomic mass is 10.1. The van der Waals surface area contributed by atoms with Crippen LogP contribution in [0.25, 0.3) is 11.0 Å². The zero-order valence-corrected chi connectivity index (χ0v) is 16.2. The van der Waals surface area contributed by atoms with E-state index in [0.717, 1.165) is 48.1 Å². The summed E-state index contributed by atoms with van der Waals surface area (Å²) in [6.45, 7) is 3.20. The average molecular weight is 379 g/mol. The fourth-order valence-electron chi connectivity index (χ4n) is 3.27. The lowest BCUT2D eigenvalue weighted by molar-refractivity contribution is -0.116. The largest absolute Gasteiger partial charge is 0.353 e. The van der Waals surface area contributed by atoms with E-state index in [1.165, 1.54) is 18.2 Å². The second kappa shape index (κ2) is 9.83. The van der Waals surface area contributed by atoms with Crippen molar-refractivity contribution in [2.75, 3.05) is 6.54 Å². The number of hydrogen-bond acceptors (Lipinski definition) is 2. The van der Waals surface area contributed by atoms with Crippen LogP contribution in [0.5, 0.6) is 0 Å². The lowest BCUT2D eigenvalue weighted by Gasteiger charge is -2.10. The third-order valence-corrected chi connectivity index (χ3v) is 4.68. The number of carbonyl (C=O) groups is 1. The maximum atomic E-state index is 13.2. The van der Waals surface area contributed by atoms with Crippen molar-refractivity contribution < 1.29 is 9.18 Å². The van der Waals surface area contributed by atoms with Crippen LogP contribution >= 0.6 is 0 Å². The summed E-state index contributed by atoms with van der Waals surface area (Å²) in [4.78, 5) is 16.2. The average Bonchev–Trinajstić information content (AvgIpc) is 3.04. The highest BCUT2D eigenvalue weighted by atomic mass is 19.1. The molecular weight excluding hydrogens is 353 g/mol. The molecule has 1 N–H and O–H groups in total. The SMILES string of the molecule is C/C=C/C(=O)NCCCCCc1nc2ccccc2n1Cc1ccc(F)cc1. The summed E-state index contributed by atoms with van der Waals surface area (Å²) in [6, 6.07) is 14.7. The summed E-state index contributed by atoms with van der Waals surface area (Å²) in [5.41, 5.74) is 3.14. The van der Waals surface area contributed by atoms with Gasteiger partial charge in [-0.25, -0.2) is 9.37 Å². The number of amides is 1. The van der Waals surface area contributed by atoms with Gasteiger partial charge < -0.3 is 9.88 Å². The molecule has 1 aromatic heterocycles. The Morgan fingerprint density at radius 3 is 2.68 bits per heavy atom. The number of imidazole rings is 1. The summed E-state index contributed by atoms with van der Waals surface area (Å²) < 4.78 is 15.4. The fraction of sp³-hybridized carbons (Fsp3) is 0.304. The number of aryl methyl sites for hydroxylation is 1. The number of unbranched alkanes of at least 4 members (excludes halogenated alkanes) is 2. The number of hydrogen-bond donors (Lipinski definition) is 1. The summed E-state index contributed by atoms with van der Waals surface area (Å²) in [5.74, 6) is 0.785. The van der Waals surface area contributed by atoms with Gasteiger partial charge in [0.05, 0.1) is 11.0 Å². The molecule has 0 bridgehead atoms. The van der Waals surface area contributed by atoms with E-state index in [0.29, 0.717) is 13.1 Å². The van der Waals surface area contributed by atoms with Gasteiger partial charge in [-0.05, 0) is 55.7 Å². The van der Waals surface area contributed by atoms with Crippen molar-refractivity contribution in [3.8, 4) is 0 Å². The number of nitrogens with zero attached hydrogens (tertiary/aromatic N) is 2. The van der Waals surface area contributed by atoms with Crippen LogP contribution < -0.4 is 5.32 Å². The third kappa shape index (κ3) is 5.28. The lowest BCUT2D eigenvalue weighted by Crippen LogP contribution is -2.21. The number of carbonyl (C=O) groups excluding carboxylic acids is 1. The summed E-state index contributed by atoms with van der Waals surface area (Å²) in [6.07, 6.45) is 7.13. The fourth-order valence-corrected chi connectivity index (χ4v) is 3.27. The number of halogens is 1. The third-order valence-electron chi connectivity index (χ3n) is 4.68. The van der Waals surface area contributed by atoms with Crippen molar-refractivity contribution in [1.82, 2.24) is 14.9 Å².